The zero-order chi connectivity index (χ0) is 19.4. The standard InChI is InChI=1S/C18H20N2O5S/c1-5-25-18(22)13(17-19-16(10(2)3)11(4)26-17)8-12-6-7-15(21)14(9-12)20(23)24/h6-10,21H,5H2,1-4H3. The third-order valence-corrected chi connectivity index (χ3v) is 4.63. The number of carbonyl (C=O) groups is 1. The molecular formula is C18H20N2O5S. The Labute approximate surface area is 155 Å². The van der Waals surface area contributed by atoms with E-state index >= 15 is 0 Å². The van der Waals surface area contributed by atoms with E-state index < -0.39 is 22.3 Å². The third-order valence-electron chi connectivity index (χ3n) is 3.61. The smallest absolute Gasteiger partial charge is 0.341 e. The molecule has 0 fully saturated rings. The first-order chi connectivity index (χ1) is 12.2. The average Bonchev–Trinajstić information content (AvgIpc) is 2.95. The van der Waals surface area contributed by atoms with E-state index in [9.17, 15) is 20.0 Å². The number of phenolic OH excluding ortho intramolecular Hbond substituents is 1. The van der Waals surface area contributed by atoms with Crippen LogP contribution in [0, 0.1) is 17.0 Å². The van der Waals surface area contributed by atoms with Crippen molar-refractivity contribution < 1.29 is 19.6 Å². The highest BCUT2D eigenvalue weighted by Crippen LogP contribution is 2.32. The number of hydrogen-bond donors (Lipinski definition) is 1. The van der Waals surface area contributed by atoms with E-state index in [-0.39, 0.29) is 18.1 Å². The molecule has 138 valence electrons. The number of nitro groups is 1. The Hall–Kier alpha value is -2.74. The number of nitro benzene ring substituents is 1. The Morgan fingerprint density at radius 1 is 1.46 bits per heavy atom. The fourth-order valence-corrected chi connectivity index (χ4v) is 3.49. The van der Waals surface area contributed by atoms with E-state index in [0.717, 1.165) is 10.6 Å². The fraction of sp³-hybridized carbons (Fsp3) is 0.333. The average molecular weight is 376 g/mol. The Kier molecular flexibility index (Phi) is 6.10. The highest BCUT2D eigenvalue weighted by atomic mass is 32.1. The van der Waals surface area contributed by atoms with E-state index in [1.807, 2.05) is 20.8 Å². The van der Waals surface area contributed by atoms with E-state index in [2.05, 4.69) is 4.98 Å². The lowest BCUT2D eigenvalue weighted by atomic mass is 10.1. The Balaban J connectivity index is 2.57. The summed E-state index contributed by atoms with van der Waals surface area (Å²) in [6.07, 6.45) is 1.49. The van der Waals surface area contributed by atoms with Crippen molar-refractivity contribution in [2.75, 3.05) is 6.61 Å². The second-order valence-electron chi connectivity index (χ2n) is 5.90. The number of nitrogens with zero attached hydrogens (tertiary/aromatic N) is 2. The minimum Gasteiger partial charge on any atom is -0.502 e. The summed E-state index contributed by atoms with van der Waals surface area (Å²) in [5, 5.41) is 21.1. The zero-order valence-electron chi connectivity index (χ0n) is 15.0. The second-order valence-corrected chi connectivity index (χ2v) is 7.10. The molecule has 0 aliphatic rings. The summed E-state index contributed by atoms with van der Waals surface area (Å²) in [6.45, 7) is 7.87. The summed E-state index contributed by atoms with van der Waals surface area (Å²) in [4.78, 5) is 28.3. The molecule has 0 spiro atoms. The molecule has 7 nitrogen and oxygen atoms in total. The maximum absolute atomic E-state index is 12.4. The SMILES string of the molecule is CCOC(=O)C(=Cc1ccc(O)c([N+](=O)[O-])c1)c1nc(C(C)C)c(C)s1. The molecule has 0 unspecified atom stereocenters. The van der Waals surface area contributed by atoms with Crippen LogP contribution in [0.1, 0.15) is 47.8 Å². The highest BCUT2D eigenvalue weighted by molar-refractivity contribution is 7.13. The van der Waals surface area contributed by atoms with Crippen LogP contribution in [0.4, 0.5) is 5.69 Å². The number of aryl methyl sites for hydroxylation is 1. The summed E-state index contributed by atoms with van der Waals surface area (Å²) in [5.41, 5.74) is 1.10. The van der Waals surface area contributed by atoms with Crippen molar-refractivity contribution in [2.45, 2.75) is 33.6 Å². The molecule has 0 radical (unpaired) electrons. The van der Waals surface area contributed by atoms with E-state index in [1.54, 1.807) is 6.92 Å². The maximum atomic E-state index is 12.4. The summed E-state index contributed by atoms with van der Waals surface area (Å²) >= 11 is 1.37. The topological polar surface area (TPSA) is 103 Å². The largest absolute Gasteiger partial charge is 0.502 e. The molecule has 0 aliphatic heterocycles. The van der Waals surface area contributed by atoms with Gasteiger partial charge in [-0.3, -0.25) is 10.1 Å². The van der Waals surface area contributed by atoms with Gasteiger partial charge < -0.3 is 9.84 Å². The van der Waals surface area contributed by atoms with Crippen LogP contribution >= 0.6 is 11.3 Å². The van der Waals surface area contributed by atoms with Gasteiger partial charge in [-0.25, -0.2) is 9.78 Å². The van der Waals surface area contributed by atoms with E-state index in [4.69, 9.17) is 4.74 Å². The Morgan fingerprint density at radius 3 is 2.69 bits per heavy atom. The lowest BCUT2D eigenvalue weighted by molar-refractivity contribution is -0.385. The molecule has 1 aromatic heterocycles. The van der Waals surface area contributed by atoms with Gasteiger partial charge in [-0.05, 0) is 37.5 Å². The summed E-state index contributed by atoms with van der Waals surface area (Å²) in [6, 6.07) is 3.92. The minimum absolute atomic E-state index is 0.202. The number of ether oxygens (including phenoxy) is 1. The lowest BCUT2D eigenvalue weighted by Crippen LogP contribution is -2.07. The first-order valence-corrected chi connectivity index (χ1v) is 8.90. The number of esters is 1. The van der Waals surface area contributed by atoms with Crippen molar-refractivity contribution >= 4 is 34.6 Å². The van der Waals surface area contributed by atoms with Gasteiger partial charge in [-0.15, -0.1) is 11.3 Å². The number of aromatic hydroxyl groups is 1. The molecule has 0 saturated carbocycles. The monoisotopic (exact) mass is 376 g/mol. The van der Waals surface area contributed by atoms with Crippen molar-refractivity contribution in [3.63, 3.8) is 0 Å². The zero-order valence-corrected chi connectivity index (χ0v) is 15.8. The molecule has 0 saturated heterocycles. The van der Waals surface area contributed by atoms with Crippen LogP contribution in [0.15, 0.2) is 18.2 Å². The van der Waals surface area contributed by atoms with Gasteiger partial charge in [-0.1, -0.05) is 19.9 Å². The van der Waals surface area contributed by atoms with Crippen LogP contribution in [0.5, 0.6) is 5.75 Å². The van der Waals surface area contributed by atoms with Crippen molar-refractivity contribution in [3.8, 4) is 5.75 Å². The number of carbonyl (C=O) groups excluding carboxylic acids is 1. The molecule has 1 aromatic carbocycles. The van der Waals surface area contributed by atoms with Crippen LogP contribution in [0.3, 0.4) is 0 Å². The summed E-state index contributed by atoms with van der Waals surface area (Å²) < 4.78 is 5.12. The van der Waals surface area contributed by atoms with E-state index in [0.29, 0.717) is 10.6 Å². The van der Waals surface area contributed by atoms with Gasteiger partial charge in [0.15, 0.2) is 5.75 Å². The molecule has 0 amide bonds. The molecule has 2 rings (SSSR count). The summed E-state index contributed by atoms with van der Waals surface area (Å²) in [7, 11) is 0. The fourth-order valence-electron chi connectivity index (χ4n) is 2.42. The van der Waals surface area contributed by atoms with Crippen LogP contribution in [0.2, 0.25) is 0 Å². The predicted molar refractivity (Wildman–Crippen MR) is 100 cm³/mol. The number of benzene rings is 1. The summed E-state index contributed by atoms with van der Waals surface area (Å²) in [5.74, 6) is -0.775. The predicted octanol–water partition coefficient (Wildman–Crippen LogP) is 4.29. The van der Waals surface area contributed by atoms with E-state index in [1.165, 1.54) is 35.6 Å². The molecule has 0 atom stereocenters. The molecule has 8 heteroatoms. The second kappa shape index (κ2) is 8.09. The van der Waals surface area contributed by atoms with Gasteiger partial charge in [0.25, 0.3) is 0 Å². The van der Waals surface area contributed by atoms with Gasteiger partial charge in [0.05, 0.1) is 22.8 Å². The molecule has 1 heterocycles. The molecule has 2 aromatic rings. The van der Waals surface area contributed by atoms with Crippen LogP contribution in [0.25, 0.3) is 11.6 Å². The first-order valence-electron chi connectivity index (χ1n) is 8.08. The first kappa shape index (κ1) is 19.6. The quantitative estimate of drug-likeness (QED) is 0.349. The number of aromatic nitrogens is 1. The minimum atomic E-state index is -0.679. The van der Waals surface area contributed by atoms with Crippen molar-refractivity contribution in [3.05, 3.63) is 49.5 Å². The number of hydrogen-bond acceptors (Lipinski definition) is 7. The Bertz CT molecular complexity index is 870. The molecule has 0 bridgehead atoms. The molecule has 26 heavy (non-hydrogen) atoms. The van der Waals surface area contributed by atoms with Gasteiger partial charge in [0.1, 0.15) is 5.01 Å². The number of phenols is 1. The molecule has 1 N–H and O–H groups in total. The molecule has 0 aliphatic carbocycles. The molecular weight excluding hydrogens is 356 g/mol. The van der Waals surface area contributed by atoms with Crippen LogP contribution in [-0.4, -0.2) is 27.6 Å². The van der Waals surface area contributed by atoms with Gasteiger partial charge >= 0.3 is 11.7 Å². The Morgan fingerprint density at radius 2 is 2.15 bits per heavy atom. The normalized spacial score (nSPS) is 11.7. The van der Waals surface area contributed by atoms with Crippen molar-refractivity contribution in [1.82, 2.24) is 4.98 Å². The van der Waals surface area contributed by atoms with Crippen molar-refractivity contribution in [2.24, 2.45) is 0 Å². The van der Waals surface area contributed by atoms with Gasteiger partial charge in [-0.2, -0.15) is 0 Å². The van der Waals surface area contributed by atoms with Gasteiger partial charge in [0.2, 0.25) is 0 Å². The highest BCUT2D eigenvalue weighted by Gasteiger charge is 2.21. The lowest BCUT2D eigenvalue weighted by Gasteiger charge is -2.05. The number of rotatable bonds is 6. The maximum Gasteiger partial charge on any atom is 0.341 e. The van der Waals surface area contributed by atoms with Gasteiger partial charge in [0, 0.05) is 10.9 Å². The third kappa shape index (κ3) is 4.26. The number of thiazole rings is 1. The van der Waals surface area contributed by atoms with Crippen molar-refractivity contribution in [1.29, 1.82) is 0 Å². The van der Waals surface area contributed by atoms with Crippen LogP contribution < -0.4 is 0 Å². The van der Waals surface area contributed by atoms with Crippen LogP contribution in [-0.2, 0) is 9.53 Å².